The number of carbonyl (C=O) groups excluding carboxylic acids is 1. The summed E-state index contributed by atoms with van der Waals surface area (Å²) in [5.41, 5.74) is 9.28. The maximum Gasteiger partial charge on any atom is 0.274 e. The fourth-order valence-electron chi connectivity index (χ4n) is 2.82. The smallest absolute Gasteiger partial charge is 0.274 e. The van der Waals surface area contributed by atoms with Crippen LogP contribution >= 0.6 is 11.3 Å². The molecule has 0 saturated heterocycles. The number of pyridine rings is 1. The summed E-state index contributed by atoms with van der Waals surface area (Å²) in [4.78, 5) is 20.7. The monoisotopic (exact) mass is 393 g/mol. The maximum absolute atomic E-state index is 13.3. The van der Waals surface area contributed by atoms with Crippen LogP contribution in [0.2, 0.25) is 0 Å². The predicted molar refractivity (Wildman–Crippen MR) is 108 cm³/mol. The minimum absolute atomic E-state index is 0.284. The number of rotatable bonds is 5. The Labute approximate surface area is 164 Å². The molecule has 0 radical (unpaired) electrons. The minimum atomic E-state index is -0.549. The molecule has 3 heterocycles. The average Bonchev–Trinajstić information content (AvgIpc) is 3.31. The molecular weight excluding hydrogens is 377 g/mol. The van der Waals surface area contributed by atoms with E-state index in [9.17, 15) is 9.18 Å². The van der Waals surface area contributed by atoms with Gasteiger partial charge in [-0.25, -0.2) is 9.97 Å². The number of nitrogens with zero attached hydrogens (tertiary/aromatic N) is 3. The van der Waals surface area contributed by atoms with Gasteiger partial charge in [0.15, 0.2) is 5.13 Å². The Hall–Kier alpha value is -3.52. The zero-order valence-corrected chi connectivity index (χ0v) is 15.5. The minimum Gasteiger partial charge on any atom is -0.399 e. The van der Waals surface area contributed by atoms with Crippen LogP contribution in [0.1, 0.15) is 16.1 Å². The SMILES string of the molecule is Nc1cccc(-c2csc(NC(=O)c3cccn3Cc3ccnc(F)c3)n2)c1. The zero-order valence-electron chi connectivity index (χ0n) is 14.7. The van der Waals surface area contributed by atoms with Crippen LogP contribution in [0.25, 0.3) is 11.3 Å². The second kappa shape index (κ2) is 7.61. The van der Waals surface area contributed by atoms with Gasteiger partial charge in [0.2, 0.25) is 5.95 Å². The predicted octanol–water partition coefficient (Wildman–Crippen LogP) is 4.03. The number of nitrogens with two attached hydrogens (primary N) is 1. The number of aromatic nitrogens is 3. The summed E-state index contributed by atoms with van der Waals surface area (Å²) in [6, 6.07) is 13.9. The molecule has 0 bridgehead atoms. The molecule has 0 aliphatic rings. The van der Waals surface area contributed by atoms with Crippen molar-refractivity contribution in [2.24, 2.45) is 0 Å². The first-order chi connectivity index (χ1) is 13.6. The van der Waals surface area contributed by atoms with E-state index in [1.807, 2.05) is 23.6 Å². The first-order valence-corrected chi connectivity index (χ1v) is 9.35. The summed E-state index contributed by atoms with van der Waals surface area (Å²) in [5.74, 6) is -0.833. The number of benzene rings is 1. The van der Waals surface area contributed by atoms with Crippen molar-refractivity contribution in [2.75, 3.05) is 11.1 Å². The summed E-state index contributed by atoms with van der Waals surface area (Å²) < 4.78 is 15.0. The van der Waals surface area contributed by atoms with Gasteiger partial charge in [-0.05, 0) is 42.0 Å². The van der Waals surface area contributed by atoms with Crippen molar-refractivity contribution in [3.63, 3.8) is 0 Å². The summed E-state index contributed by atoms with van der Waals surface area (Å²) >= 11 is 1.34. The summed E-state index contributed by atoms with van der Waals surface area (Å²) in [7, 11) is 0. The molecule has 0 atom stereocenters. The lowest BCUT2D eigenvalue weighted by atomic mass is 10.1. The van der Waals surface area contributed by atoms with Crippen molar-refractivity contribution in [3.8, 4) is 11.3 Å². The number of anilines is 2. The molecule has 1 amide bonds. The highest BCUT2D eigenvalue weighted by Crippen LogP contribution is 2.26. The molecule has 28 heavy (non-hydrogen) atoms. The van der Waals surface area contributed by atoms with Crippen molar-refractivity contribution in [3.05, 3.63) is 83.5 Å². The molecule has 0 saturated carbocycles. The van der Waals surface area contributed by atoms with E-state index in [0.717, 1.165) is 16.8 Å². The topological polar surface area (TPSA) is 85.8 Å². The Morgan fingerprint density at radius 2 is 2.11 bits per heavy atom. The van der Waals surface area contributed by atoms with Gasteiger partial charge in [-0.15, -0.1) is 11.3 Å². The average molecular weight is 393 g/mol. The number of halogens is 1. The van der Waals surface area contributed by atoms with Crippen LogP contribution < -0.4 is 11.1 Å². The highest BCUT2D eigenvalue weighted by atomic mass is 32.1. The van der Waals surface area contributed by atoms with Gasteiger partial charge >= 0.3 is 0 Å². The molecule has 4 rings (SSSR count). The van der Waals surface area contributed by atoms with Crippen LogP contribution in [0.3, 0.4) is 0 Å². The third-order valence-corrected chi connectivity index (χ3v) is 4.87. The fraction of sp³-hybridized carbons (Fsp3) is 0.0500. The number of amides is 1. The number of hydrogen-bond donors (Lipinski definition) is 2. The lowest BCUT2D eigenvalue weighted by Gasteiger charge is -2.09. The molecule has 0 spiro atoms. The van der Waals surface area contributed by atoms with Gasteiger partial charge in [0.25, 0.3) is 5.91 Å². The number of thiazole rings is 1. The van der Waals surface area contributed by atoms with E-state index in [0.29, 0.717) is 23.1 Å². The third kappa shape index (κ3) is 3.91. The van der Waals surface area contributed by atoms with Crippen LogP contribution in [0.15, 0.2) is 66.3 Å². The van der Waals surface area contributed by atoms with Gasteiger partial charge in [-0.3, -0.25) is 10.1 Å². The van der Waals surface area contributed by atoms with Crippen LogP contribution in [0, 0.1) is 5.95 Å². The lowest BCUT2D eigenvalue weighted by Crippen LogP contribution is -2.17. The molecular formula is C20H16FN5OS. The third-order valence-electron chi connectivity index (χ3n) is 4.11. The van der Waals surface area contributed by atoms with Gasteiger partial charge in [0, 0.05) is 35.6 Å². The number of hydrogen-bond acceptors (Lipinski definition) is 5. The second-order valence-electron chi connectivity index (χ2n) is 6.13. The maximum atomic E-state index is 13.3. The van der Waals surface area contributed by atoms with Gasteiger partial charge < -0.3 is 10.3 Å². The molecule has 140 valence electrons. The molecule has 3 N–H and O–H groups in total. The lowest BCUT2D eigenvalue weighted by molar-refractivity contribution is 0.101. The quantitative estimate of drug-likeness (QED) is 0.396. The van der Waals surface area contributed by atoms with Crippen LogP contribution in [-0.4, -0.2) is 20.4 Å². The molecule has 4 aromatic rings. The molecule has 3 aromatic heterocycles. The van der Waals surface area contributed by atoms with Gasteiger partial charge in [-0.1, -0.05) is 12.1 Å². The second-order valence-corrected chi connectivity index (χ2v) is 6.98. The van der Waals surface area contributed by atoms with Crippen molar-refractivity contribution in [1.29, 1.82) is 0 Å². The van der Waals surface area contributed by atoms with Crippen LogP contribution in [0.4, 0.5) is 15.2 Å². The first-order valence-electron chi connectivity index (χ1n) is 8.47. The Kier molecular flexibility index (Phi) is 4.86. The van der Waals surface area contributed by atoms with E-state index in [4.69, 9.17) is 5.73 Å². The van der Waals surface area contributed by atoms with Gasteiger partial charge in [-0.2, -0.15) is 4.39 Å². The van der Waals surface area contributed by atoms with Gasteiger partial charge in [0.1, 0.15) is 5.69 Å². The summed E-state index contributed by atoms with van der Waals surface area (Å²) in [6.45, 7) is 0.363. The first kappa shape index (κ1) is 17.9. The normalized spacial score (nSPS) is 10.8. The Morgan fingerprint density at radius 1 is 1.21 bits per heavy atom. The largest absolute Gasteiger partial charge is 0.399 e. The van der Waals surface area contributed by atoms with E-state index in [1.54, 1.807) is 35.0 Å². The summed E-state index contributed by atoms with van der Waals surface area (Å²) in [6.07, 6.45) is 3.18. The number of nitrogen functional groups attached to an aromatic ring is 1. The molecule has 0 unspecified atom stereocenters. The molecule has 0 aliphatic carbocycles. The van der Waals surface area contributed by atoms with Gasteiger partial charge in [0.05, 0.1) is 5.69 Å². The highest BCUT2D eigenvalue weighted by Gasteiger charge is 2.14. The Bertz CT molecular complexity index is 1140. The van der Waals surface area contributed by atoms with E-state index in [1.165, 1.54) is 23.6 Å². The zero-order chi connectivity index (χ0) is 19.5. The Balaban J connectivity index is 1.50. The fourth-order valence-corrected chi connectivity index (χ4v) is 3.53. The number of nitrogens with one attached hydrogen (secondary N) is 1. The highest BCUT2D eigenvalue weighted by molar-refractivity contribution is 7.14. The molecule has 6 nitrogen and oxygen atoms in total. The Morgan fingerprint density at radius 3 is 2.93 bits per heavy atom. The molecule has 8 heteroatoms. The van der Waals surface area contributed by atoms with Crippen molar-refractivity contribution >= 4 is 28.1 Å². The van der Waals surface area contributed by atoms with Crippen LogP contribution in [0.5, 0.6) is 0 Å². The van der Waals surface area contributed by atoms with E-state index < -0.39 is 5.95 Å². The summed E-state index contributed by atoms with van der Waals surface area (Å²) in [5, 5.41) is 5.17. The van der Waals surface area contributed by atoms with Crippen LogP contribution in [-0.2, 0) is 6.54 Å². The van der Waals surface area contributed by atoms with Crippen molar-refractivity contribution in [1.82, 2.24) is 14.5 Å². The van der Waals surface area contributed by atoms with E-state index >= 15 is 0 Å². The van der Waals surface area contributed by atoms with Crippen molar-refractivity contribution in [2.45, 2.75) is 6.54 Å². The number of carbonyl (C=O) groups is 1. The van der Waals surface area contributed by atoms with Crippen molar-refractivity contribution < 1.29 is 9.18 Å². The molecule has 0 fully saturated rings. The standard InChI is InChI=1S/C20H16FN5OS/c21-18-9-13(6-7-23-18)11-26-8-2-5-17(26)19(27)25-20-24-16(12-28-20)14-3-1-4-15(22)10-14/h1-10,12H,11,22H2,(H,24,25,27). The van der Waals surface area contributed by atoms with E-state index in [2.05, 4.69) is 15.3 Å². The molecule has 1 aromatic carbocycles. The van der Waals surface area contributed by atoms with E-state index in [-0.39, 0.29) is 5.91 Å². The molecule has 0 aliphatic heterocycles.